The number of fused-ring (bicyclic) bond motifs is 5. The monoisotopic (exact) mass is 411 g/mol. The molecule has 0 radical (unpaired) electrons. The summed E-state index contributed by atoms with van der Waals surface area (Å²) in [6.07, 6.45) is 4.26. The first-order valence-corrected chi connectivity index (χ1v) is 10.3. The quantitative estimate of drug-likeness (QED) is 0.684. The summed E-state index contributed by atoms with van der Waals surface area (Å²) >= 11 is 0. The molecule has 1 spiro atoms. The number of carboxylic acid groups (broad SMARTS) is 2. The maximum absolute atomic E-state index is 9.04. The zero-order valence-electron chi connectivity index (χ0n) is 16.6. The van der Waals surface area contributed by atoms with E-state index in [0.29, 0.717) is 6.61 Å². The SMILES string of the molecule is O=C([O-])C(=O)O.c1ccc2c(c1)-c1ccccc1C21OCC(C[NH+]2CCCCC2)O1. The second-order valence-corrected chi connectivity index (χ2v) is 7.87. The molecule has 2 heterocycles. The summed E-state index contributed by atoms with van der Waals surface area (Å²) in [4.78, 5) is 19.7. The van der Waals surface area contributed by atoms with Gasteiger partial charge in [-0.15, -0.1) is 0 Å². The molecule has 2 fully saturated rings. The summed E-state index contributed by atoms with van der Waals surface area (Å²) in [5.74, 6) is -4.70. The van der Waals surface area contributed by atoms with E-state index < -0.39 is 17.7 Å². The van der Waals surface area contributed by atoms with Gasteiger partial charge in [0, 0.05) is 11.1 Å². The van der Waals surface area contributed by atoms with Gasteiger partial charge < -0.3 is 29.4 Å². The maximum atomic E-state index is 9.04. The van der Waals surface area contributed by atoms with Crippen molar-refractivity contribution >= 4 is 11.9 Å². The van der Waals surface area contributed by atoms with Gasteiger partial charge in [0.15, 0.2) is 5.97 Å². The molecule has 2 N–H and O–H groups in total. The van der Waals surface area contributed by atoms with Crippen LogP contribution in [0.5, 0.6) is 0 Å². The van der Waals surface area contributed by atoms with Gasteiger partial charge in [0.05, 0.1) is 19.7 Å². The van der Waals surface area contributed by atoms with E-state index in [1.807, 2.05) is 0 Å². The number of hydrogen-bond acceptors (Lipinski definition) is 5. The second kappa shape index (κ2) is 8.55. The van der Waals surface area contributed by atoms with Crippen LogP contribution in [0, 0.1) is 0 Å². The molecule has 5 rings (SSSR count). The molecule has 0 bridgehead atoms. The Morgan fingerprint density at radius 1 is 1.00 bits per heavy atom. The van der Waals surface area contributed by atoms with E-state index in [1.165, 1.54) is 54.6 Å². The van der Waals surface area contributed by atoms with E-state index in [2.05, 4.69) is 48.5 Å². The van der Waals surface area contributed by atoms with E-state index in [0.717, 1.165) is 6.54 Å². The van der Waals surface area contributed by atoms with Crippen LogP contribution in [0.3, 0.4) is 0 Å². The number of carbonyl (C=O) groups is 2. The van der Waals surface area contributed by atoms with Crippen LogP contribution in [0.15, 0.2) is 48.5 Å². The van der Waals surface area contributed by atoms with Crippen LogP contribution in [0.4, 0.5) is 0 Å². The molecule has 2 aromatic carbocycles. The third-order valence-electron chi connectivity index (χ3n) is 5.91. The van der Waals surface area contributed by atoms with Crippen LogP contribution in [0.2, 0.25) is 0 Å². The number of carboxylic acids is 2. The van der Waals surface area contributed by atoms with E-state index >= 15 is 0 Å². The molecule has 2 aliphatic heterocycles. The fourth-order valence-corrected chi connectivity index (χ4v) is 4.63. The van der Waals surface area contributed by atoms with Crippen molar-refractivity contribution in [2.24, 2.45) is 0 Å². The molecule has 1 aliphatic carbocycles. The predicted octanol–water partition coefficient (Wildman–Crippen LogP) is 0.173. The Morgan fingerprint density at radius 2 is 1.53 bits per heavy atom. The molecule has 30 heavy (non-hydrogen) atoms. The topological polar surface area (TPSA) is 100 Å². The molecule has 0 aromatic heterocycles. The Morgan fingerprint density at radius 3 is 2.07 bits per heavy atom. The highest BCUT2D eigenvalue weighted by atomic mass is 16.7. The molecule has 2 saturated heterocycles. The number of rotatable bonds is 2. The molecule has 0 saturated carbocycles. The molecular weight excluding hydrogens is 386 g/mol. The first kappa shape index (κ1) is 20.5. The van der Waals surface area contributed by atoms with Gasteiger partial charge in [0.25, 0.3) is 0 Å². The minimum atomic E-state index is -2.07. The number of ether oxygens (including phenoxy) is 2. The molecular formula is C23H25NO6. The van der Waals surface area contributed by atoms with Crippen molar-refractivity contribution in [3.05, 3.63) is 59.7 Å². The number of piperidine rings is 1. The normalized spacial score (nSPS) is 21.4. The third-order valence-corrected chi connectivity index (χ3v) is 5.91. The minimum Gasteiger partial charge on any atom is -0.539 e. The smallest absolute Gasteiger partial charge is 0.351 e. The zero-order chi connectivity index (χ0) is 21.1. The van der Waals surface area contributed by atoms with Crippen molar-refractivity contribution in [2.45, 2.75) is 31.2 Å². The highest BCUT2D eigenvalue weighted by Gasteiger charge is 2.51. The number of benzene rings is 2. The van der Waals surface area contributed by atoms with E-state index in [-0.39, 0.29) is 6.10 Å². The fraction of sp³-hybridized carbons (Fsp3) is 0.391. The maximum Gasteiger partial charge on any atom is 0.351 e. The van der Waals surface area contributed by atoms with Crippen molar-refractivity contribution < 1.29 is 34.2 Å². The summed E-state index contributed by atoms with van der Waals surface area (Å²) in [5.41, 5.74) is 4.84. The third kappa shape index (κ3) is 3.84. The summed E-state index contributed by atoms with van der Waals surface area (Å²) in [6.45, 7) is 4.30. The summed E-state index contributed by atoms with van der Waals surface area (Å²) in [5, 5.41) is 16.3. The van der Waals surface area contributed by atoms with Crippen LogP contribution < -0.4 is 10.0 Å². The van der Waals surface area contributed by atoms with Gasteiger partial charge in [-0.3, -0.25) is 0 Å². The number of carbonyl (C=O) groups excluding carboxylic acids is 1. The van der Waals surface area contributed by atoms with Gasteiger partial charge in [-0.1, -0.05) is 48.5 Å². The average Bonchev–Trinajstić information content (AvgIpc) is 3.30. The highest BCUT2D eigenvalue weighted by molar-refractivity contribution is 6.26. The number of nitrogens with one attached hydrogen (secondary N) is 1. The number of hydrogen-bond donors (Lipinski definition) is 2. The zero-order valence-corrected chi connectivity index (χ0v) is 16.6. The number of quaternary nitrogens is 1. The molecule has 2 aromatic rings. The lowest BCUT2D eigenvalue weighted by molar-refractivity contribution is -0.907. The van der Waals surface area contributed by atoms with Crippen LogP contribution in [-0.2, 0) is 24.8 Å². The van der Waals surface area contributed by atoms with Crippen molar-refractivity contribution in [3.63, 3.8) is 0 Å². The van der Waals surface area contributed by atoms with Crippen LogP contribution in [-0.4, -0.2) is 49.4 Å². The van der Waals surface area contributed by atoms with Gasteiger partial charge in [0.1, 0.15) is 12.6 Å². The Hall–Kier alpha value is -2.74. The van der Waals surface area contributed by atoms with Gasteiger partial charge in [-0.25, -0.2) is 4.79 Å². The summed E-state index contributed by atoms with van der Waals surface area (Å²) in [7, 11) is 0. The van der Waals surface area contributed by atoms with Crippen molar-refractivity contribution in [1.29, 1.82) is 0 Å². The first-order chi connectivity index (χ1) is 14.5. The minimum absolute atomic E-state index is 0.178. The largest absolute Gasteiger partial charge is 0.539 e. The van der Waals surface area contributed by atoms with Crippen LogP contribution in [0.25, 0.3) is 11.1 Å². The summed E-state index contributed by atoms with van der Waals surface area (Å²) < 4.78 is 13.0. The number of aliphatic carboxylic acids is 2. The lowest BCUT2D eigenvalue weighted by Gasteiger charge is -2.28. The predicted molar refractivity (Wildman–Crippen MR) is 106 cm³/mol. The van der Waals surface area contributed by atoms with Gasteiger partial charge in [0.2, 0.25) is 5.79 Å². The van der Waals surface area contributed by atoms with Crippen molar-refractivity contribution in [3.8, 4) is 11.1 Å². The summed E-state index contributed by atoms with van der Waals surface area (Å²) in [6, 6.07) is 17.0. The lowest BCUT2D eigenvalue weighted by Crippen LogP contribution is -3.13. The fourth-order valence-electron chi connectivity index (χ4n) is 4.63. The van der Waals surface area contributed by atoms with Gasteiger partial charge in [-0.2, -0.15) is 0 Å². The molecule has 7 heteroatoms. The Balaban J connectivity index is 0.000000322. The standard InChI is InChI=1S/C21H23NO2.C2H2O4/c1-6-12-22(13-7-1)14-16-15-23-21(24-16)19-10-4-2-8-17(19)18-9-3-5-11-20(18)21;3-1(4)2(5)6/h2-5,8-11,16H,1,6-7,12-15H2;(H,3,4)(H,5,6). The van der Waals surface area contributed by atoms with E-state index in [4.69, 9.17) is 29.3 Å². The van der Waals surface area contributed by atoms with Gasteiger partial charge >= 0.3 is 5.97 Å². The first-order valence-electron chi connectivity index (χ1n) is 10.3. The molecule has 1 atom stereocenters. The Bertz CT molecular complexity index is 879. The van der Waals surface area contributed by atoms with Crippen LogP contribution in [0.1, 0.15) is 30.4 Å². The molecule has 0 amide bonds. The van der Waals surface area contributed by atoms with Crippen molar-refractivity contribution in [1.82, 2.24) is 0 Å². The molecule has 1 unspecified atom stereocenters. The van der Waals surface area contributed by atoms with Crippen LogP contribution >= 0.6 is 0 Å². The van der Waals surface area contributed by atoms with Gasteiger partial charge in [-0.05, 0) is 30.4 Å². The van der Waals surface area contributed by atoms with E-state index in [1.54, 1.807) is 4.90 Å². The lowest BCUT2D eigenvalue weighted by atomic mass is 10.0. The molecule has 7 nitrogen and oxygen atoms in total. The molecule has 158 valence electrons. The Labute approximate surface area is 174 Å². The van der Waals surface area contributed by atoms with E-state index in [9.17, 15) is 0 Å². The Kier molecular flexibility index (Phi) is 5.85. The van der Waals surface area contributed by atoms with Crippen molar-refractivity contribution in [2.75, 3.05) is 26.2 Å². The molecule has 3 aliphatic rings. The number of likely N-dealkylation sites (tertiary alicyclic amines) is 1. The average molecular weight is 411 g/mol. The second-order valence-electron chi connectivity index (χ2n) is 7.87. The highest BCUT2D eigenvalue weighted by Crippen LogP contribution is 2.52.